The van der Waals surface area contributed by atoms with Gasteiger partial charge in [-0.3, -0.25) is 14.4 Å². The van der Waals surface area contributed by atoms with Crippen LogP contribution in [0.3, 0.4) is 0 Å². The largest absolute Gasteiger partial charge is 0.368 e. The molecule has 1 aromatic carbocycles. The van der Waals surface area contributed by atoms with E-state index in [0.717, 1.165) is 5.57 Å². The van der Waals surface area contributed by atoms with Gasteiger partial charge in [0.25, 0.3) is 0 Å². The normalized spacial score (nSPS) is 12.6. The summed E-state index contributed by atoms with van der Waals surface area (Å²) >= 11 is 0. The molecule has 6 nitrogen and oxygen atoms in total. The SMILES string of the molecule is CC(=O)N[C@H](Cc1ccccc1F)C(=O)N[C@H](CC=C(C)C)C(N)=O. The molecule has 25 heavy (non-hydrogen) atoms. The van der Waals surface area contributed by atoms with Crippen LogP contribution < -0.4 is 16.4 Å². The van der Waals surface area contributed by atoms with Gasteiger partial charge < -0.3 is 16.4 Å². The maximum atomic E-state index is 13.8. The van der Waals surface area contributed by atoms with Crippen molar-refractivity contribution in [1.29, 1.82) is 0 Å². The number of nitrogens with two attached hydrogens (primary N) is 1. The summed E-state index contributed by atoms with van der Waals surface area (Å²) in [7, 11) is 0. The lowest BCUT2D eigenvalue weighted by Gasteiger charge is -2.21. The Morgan fingerprint density at radius 3 is 2.28 bits per heavy atom. The van der Waals surface area contributed by atoms with Gasteiger partial charge in [-0.25, -0.2) is 4.39 Å². The topological polar surface area (TPSA) is 101 Å². The number of amides is 3. The predicted octanol–water partition coefficient (Wildman–Crippen LogP) is 1.20. The van der Waals surface area contributed by atoms with Gasteiger partial charge in [-0.05, 0) is 31.9 Å². The van der Waals surface area contributed by atoms with Crippen LogP contribution >= 0.6 is 0 Å². The van der Waals surface area contributed by atoms with Crippen LogP contribution in [0.25, 0.3) is 0 Å². The van der Waals surface area contributed by atoms with Crippen molar-refractivity contribution in [3.63, 3.8) is 0 Å². The molecule has 0 unspecified atom stereocenters. The van der Waals surface area contributed by atoms with E-state index in [1.54, 1.807) is 12.1 Å². The standard InChI is InChI=1S/C18H24FN3O3/c1-11(2)8-9-15(17(20)24)22-18(25)16(21-12(3)23)10-13-6-4-5-7-14(13)19/h4-8,15-16H,9-10H2,1-3H3,(H2,20,24)(H,21,23)(H,22,25)/t15-,16-/m1/s1. The molecule has 0 fully saturated rings. The zero-order valence-electron chi connectivity index (χ0n) is 14.6. The minimum absolute atomic E-state index is 0.0355. The zero-order valence-corrected chi connectivity index (χ0v) is 14.6. The molecule has 7 heteroatoms. The van der Waals surface area contributed by atoms with Crippen molar-refractivity contribution < 1.29 is 18.8 Å². The van der Waals surface area contributed by atoms with Gasteiger partial charge in [-0.15, -0.1) is 0 Å². The molecule has 0 radical (unpaired) electrons. The fourth-order valence-electron chi connectivity index (χ4n) is 2.21. The molecular formula is C18H24FN3O3. The van der Waals surface area contributed by atoms with Crippen molar-refractivity contribution in [2.24, 2.45) is 5.73 Å². The molecule has 0 aromatic heterocycles. The first kappa shape index (κ1) is 20.3. The van der Waals surface area contributed by atoms with Crippen molar-refractivity contribution in [3.8, 4) is 0 Å². The number of carbonyl (C=O) groups is 3. The Morgan fingerprint density at radius 1 is 1.12 bits per heavy atom. The van der Waals surface area contributed by atoms with E-state index in [-0.39, 0.29) is 18.4 Å². The summed E-state index contributed by atoms with van der Waals surface area (Å²) in [6.45, 7) is 4.98. The molecule has 0 aliphatic carbocycles. The Balaban J connectivity index is 2.91. The highest BCUT2D eigenvalue weighted by Gasteiger charge is 2.25. The molecule has 0 aliphatic heterocycles. The fourth-order valence-corrected chi connectivity index (χ4v) is 2.21. The molecule has 0 bridgehead atoms. The van der Waals surface area contributed by atoms with Crippen molar-refractivity contribution >= 4 is 17.7 Å². The van der Waals surface area contributed by atoms with E-state index in [0.29, 0.717) is 0 Å². The Bertz CT molecular complexity index is 669. The van der Waals surface area contributed by atoms with Crippen LogP contribution in [0.2, 0.25) is 0 Å². The van der Waals surface area contributed by atoms with E-state index in [1.807, 2.05) is 13.8 Å². The van der Waals surface area contributed by atoms with Gasteiger partial charge in [0.15, 0.2) is 0 Å². The van der Waals surface area contributed by atoms with Gasteiger partial charge in [0.2, 0.25) is 17.7 Å². The summed E-state index contributed by atoms with van der Waals surface area (Å²) in [5, 5.41) is 5.00. The molecule has 2 atom stereocenters. The van der Waals surface area contributed by atoms with Gasteiger partial charge >= 0.3 is 0 Å². The number of hydrogen-bond donors (Lipinski definition) is 3. The summed E-state index contributed by atoms with van der Waals surface area (Å²) in [5.41, 5.74) is 6.58. The lowest BCUT2D eigenvalue weighted by molar-refractivity contribution is -0.130. The lowest BCUT2D eigenvalue weighted by atomic mass is 10.0. The van der Waals surface area contributed by atoms with E-state index in [4.69, 9.17) is 5.73 Å². The zero-order chi connectivity index (χ0) is 19.0. The lowest BCUT2D eigenvalue weighted by Crippen LogP contribution is -2.53. The number of hydrogen-bond acceptors (Lipinski definition) is 3. The van der Waals surface area contributed by atoms with Crippen molar-refractivity contribution in [2.45, 2.75) is 45.7 Å². The van der Waals surface area contributed by atoms with Crippen LogP contribution in [-0.4, -0.2) is 29.8 Å². The smallest absolute Gasteiger partial charge is 0.243 e. The third-order valence-electron chi connectivity index (χ3n) is 3.50. The third kappa shape index (κ3) is 7.15. The Morgan fingerprint density at radius 2 is 1.76 bits per heavy atom. The second-order valence-electron chi connectivity index (χ2n) is 6.03. The Labute approximate surface area is 146 Å². The number of nitrogens with one attached hydrogen (secondary N) is 2. The molecular weight excluding hydrogens is 325 g/mol. The molecule has 4 N–H and O–H groups in total. The van der Waals surface area contributed by atoms with Gasteiger partial charge in [0, 0.05) is 13.3 Å². The molecule has 0 saturated carbocycles. The number of carbonyl (C=O) groups excluding carboxylic acids is 3. The maximum absolute atomic E-state index is 13.8. The second kappa shape index (κ2) is 9.56. The number of allylic oxidation sites excluding steroid dienone is 1. The van der Waals surface area contributed by atoms with Gasteiger partial charge in [-0.2, -0.15) is 0 Å². The molecule has 1 rings (SSSR count). The minimum Gasteiger partial charge on any atom is -0.368 e. The highest BCUT2D eigenvalue weighted by atomic mass is 19.1. The Hall–Kier alpha value is -2.70. The summed E-state index contributed by atoms with van der Waals surface area (Å²) < 4.78 is 13.8. The summed E-state index contributed by atoms with van der Waals surface area (Å²) in [6.07, 6.45) is 1.99. The first-order valence-electron chi connectivity index (χ1n) is 7.94. The Kier molecular flexibility index (Phi) is 7.78. The molecule has 0 heterocycles. The quantitative estimate of drug-likeness (QED) is 0.615. The van der Waals surface area contributed by atoms with Gasteiger partial charge in [0.1, 0.15) is 17.9 Å². The van der Waals surface area contributed by atoms with E-state index in [9.17, 15) is 18.8 Å². The molecule has 3 amide bonds. The second-order valence-corrected chi connectivity index (χ2v) is 6.03. The average Bonchev–Trinajstić information content (AvgIpc) is 2.51. The highest BCUT2D eigenvalue weighted by molar-refractivity contribution is 5.91. The number of rotatable bonds is 8. The van der Waals surface area contributed by atoms with Crippen molar-refractivity contribution in [1.82, 2.24) is 10.6 Å². The summed E-state index contributed by atoms with van der Waals surface area (Å²) in [4.78, 5) is 35.4. The van der Waals surface area contributed by atoms with Crippen LogP contribution in [0.4, 0.5) is 4.39 Å². The van der Waals surface area contributed by atoms with Crippen LogP contribution in [0.1, 0.15) is 32.8 Å². The number of halogens is 1. The maximum Gasteiger partial charge on any atom is 0.243 e. The predicted molar refractivity (Wildman–Crippen MR) is 92.9 cm³/mol. The van der Waals surface area contributed by atoms with E-state index >= 15 is 0 Å². The fraction of sp³-hybridized carbons (Fsp3) is 0.389. The first-order valence-corrected chi connectivity index (χ1v) is 7.94. The van der Waals surface area contributed by atoms with E-state index < -0.39 is 35.6 Å². The van der Waals surface area contributed by atoms with Crippen LogP contribution in [0, 0.1) is 5.82 Å². The van der Waals surface area contributed by atoms with Crippen molar-refractivity contribution in [3.05, 3.63) is 47.3 Å². The molecule has 136 valence electrons. The summed E-state index contributed by atoms with van der Waals surface area (Å²) in [6, 6.07) is 4.07. The molecule has 1 aromatic rings. The number of benzene rings is 1. The molecule has 0 spiro atoms. The highest BCUT2D eigenvalue weighted by Crippen LogP contribution is 2.10. The first-order chi connectivity index (χ1) is 11.7. The van der Waals surface area contributed by atoms with Crippen LogP contribution in [0.15, 0.2) is 35.9 Å². The van der Waals surface area contributed by atoms with E-state index in [1.165, 1.54) is 25.1 Å². The van der Waals surface area contributed by atoms with Gasteiger partial charge in [-0.1, -0.05) is 29.8 Å². The van der Waals surface area contributed by atoms with E-state index in [2.05, 4.69) is 10.6 Å². The third-order valence-corrected chi connectivity index (χ3v) is 3.50. The van der Waals surface area contributed by atoms with Crippen LogP contribution in [0.5, 0.6) is 0 Å². The van der Waals surface area contributed by atoms with Crippen LogP contribution in [-0.2, 0) is 20.8 Å². The van der Waals surface area contributed by atoms with Crippen molar-refractivity contribution in [2.75, 3.05) is 0 Å². The number of primary amides is 1. The monoisotopic (exact) mass is 349 g/mol. The summed E-state index contributed by atoms with van der Waals surface area (Å²) in [5.74, 6) is -2.18. The minimum atomic E-state index is -1.01. The molecule has 0 aliphatic rings. The molecule has 0 saturated heterocycles. The average molecular weight is 349 g/mol. The van der Waals surface area contributed by atoms with Gasteiger partial charge in [0.05, 0.1) is 0 Å².